The first-order valence-electron chi connectivity index (χ1n) is 5.00. The monoisotopic (exact) mass is 206 g/mol. The fourth-order valence-corrected chi connectivity index (χ4v) is 1.38. The Balaban J connectivity index is 2.04. The molecule has 0 amide bonds. The van der Waals surface area contributed by atoms with E-state index in [4.69, 9.17) is 4.52 Å². The summed E-state index contributed by atoms with van der Waals surface area (Å²) in [5, 5.41) is 6.91. The Hall–Kier alpha value is -1.62. The Morgan fingerprint density at radius 2 is 2.40 bits per heavy atom. The van der Waals surface area contributed by atoms with Crippen molar-refractivity contribution in [2.45, 2.75) is 20.0 Å². The van der Waals surface area contributed by atoms with Crippen molar-refractivity contribution < 1.29 is 4.52 Å². The SMILES string of the molecule is CCNCc1nccn1Cc1ccno1. The van der Waals surface area contributed by atoms with Crippen LogP contribution >= 0.6 is 0 Å². The largest absolute Gasteiger partial charge is 0.359 e. The number of rotatable bonds is 5. The van der Waals surface area contributed by atoms with E-state index >= 15 is 0 Å². The number of nitrogens with zero attached hydrogens (tertiary/aromatic N) is 3. The first-order valence-corrected chi connectivity index (χ1v) is 5.00. The molecule has 0 bridgehead atoms. The highest BCUT2D eigenvalue weighted by Gasteiger charge is 2.04. The zero-order valence-corrected chi connectivity index (χ0v) is 8.68. The van der Waals surface area contributed by atoms with Crippen LogP contribution in [0.3, 0.4) is 0 Å². The first-order chi connectivity index (χ1) is 7.40. The molecule has 5 nitrogen and oxygen atoms in total. The summed E-state index contributed by atoms with van der Waals surface area (Å²) in [5.74, 6) is 1.85. The number of imidazole rings is 1. The fourth-order valence-electron chi connectivity index (χ4n) is 1.38. The van der Waals surface area contributed by atoms with E-state index in [0.29, 0.717) is 6.54 Å². The average Bonchev–Trinajstić information content (AvgIpc) is 2.87. The van der Waals surface area contributed by atoms with Crippen molar-refractivity contribution in [3.8, 4) is 0 Å². The summed E-state index contributed by atoms with van der Waals surface area (Å²) >= 11 is 0. The molecule has 0 saturated carbocycles. The zero-order valence-electron chi connectivity index (χ0n) is 8.68. The Bertz CT molecular complexity index is 393. The highest BCUT2D eigenvalue weighted by molar-refractivity contribution is 4.99. The van der Waals surface area contributed by atoms with Crippen LogP contribution in [0.4, 0.5) is 0 Å². The van der Waals surface area contributed by atoms with Crippen LogP contribution in [0.1, 0.15) is 18.5 Å². The van der Waals surface area contributed by atoms with Crippen LogP contribution in [0.5, 0.6) is 0 Å². The van der Waals surface area contributed by atoms with E-state index in [0.717, 1.165) is 24.7 Å². The van der Waals surface area contributed by atoms with Crippen LogP contribution in [0.15, 0.2) is 29.2 Å². The molecule has 2 rings (SSSR count). The lowest BCUT2D eigenvalue weighted by atomic mass is 10.4. The third-order valence-electron chi connectivity index (χ3n) is 2.15. The number of nitrogens with one attached hydrogen (secondary N) is 1. The second-order valence-electron chi connectivity index (χ2n) is 3.23. The van der Waals surface area contributed by atoms with E-state index in [1.165, 1.54) is 0 Å². The van der Waals surface area contributed by atoms with Gasteiger partial charge >= 0.3 is 0 Å². The van der Waals surface area contributed by atoms with E-state index in [2.05, 4.69) is 22.4 Å². The molecule has 0 unspecified atom stereocenters. The maximum absolute atomic E-state index is 5.05. The summed E-state index contributed by atoms with van der Waals surface area (Å²) in [4.78, 5) is 4.27. The normalized spacial score (nSPS) is 10.7. The summed E-state index contributed by atoms with van der Waals surface area (Å²) in [6.45, 7) is 4.47. The van der Waals surface area contributed by atoms with Crippen molar-refractivity contribution in [2.75, 3.05) is 6.54 Å². The molecular weight excluding hydrogens is 192 g/mol. The molecular formula is C10H14N4O. The third kappa shape index (κ3) is 2.44. The van der Waals surface area contributed by atoms with Gasteiger partial charge in [0.25, 0.3) is 0 Å². The highest BCUT2D eigenvalue weighted by Crippen LogP contribution is 2.04. The predicted molar refractivity (Wildman–Crippen MR) is 55.2 cm³/mol. The van der Waals surface area contributed by atoms with Crippen LogP contribution in [0.2, 0.25) is 0 Å². The van der Waals surface area contributed by atoms with E-state index in [1.54, 1.807) is 12.4 Å². The molecule has 0 aliphatic rings. The molecule has 0 aliphatic heterocycles. The molecule has 15 heavy (non-hydrogen) atoms. The lowest BCUT2D eigenvalue weighted by Crippen LogP contribution is -2.16. The Labute approximate surface area is 88.1 Å². The van der Waals surface area contributed by atoms with Crippen molar-refractivity contribution >= 4 is 0 Å². The smallest absolute Gasteiger partial charge is 0.156 e. The lowest BCUT2D eigenvalue weighted by Gasteiger charge is -2.05. The van der Waals surface area contributed by atoms with Gasteiger partial charge in [-0.05, 0) is 6.54 Å². The standard InChI is InChI=1S/C10H14N4O/c1-2-11-7-10-12-5-6-14(10)8-9-3-4-13-15-9/h3-6,11H,2,7-8H2,1H3. The molecule has 0 aromatic carbocycles. The van der Waals surface area contributed by atoms with Gasteiger partial charge in [0.2, 0.25) is 0 Å². The molecule has 0 atom stereocenters. The predicted octanol–water partition coefficient (Wildman–Crippen LogP) is 1.03. The molecule has 5 heteroatoms. The highest BCUT2D eigenvalue weighted by atomic mass is 16.5. The Kier molecular flexibility index (Phi) is 3.14. The quantitative estimate of drug-likeness (QED) is 0.793. The molecule has 0 spiro atoms. The summed E-state index contributed by atoms with van der Waals surface area (Å²) < 4.78 is 7.09. The molecule has 0 radical (unpaired) electrons. The van der Waals surface area contributed by atoms with E-state index < -0.39 is 0 Å². The van der Waals surface area contributed by atoms with Crippen LogP contribution in [0.25, 0.3) is 0 Å². The summed E-state index contributed by atoms with van der Waals surface area (Å²) in [6, 6.07) is 1.86. The average molecular weight is 206 g/mol. The number of hydrogen-bond donors (Lipinski definition) is 1. The molecule has 1 N–H and O–H groups in total. The van der Waals surface area contributed by atoms with Crippen molar-refractivity contribution in [1.29, 1.82) is 0 Å². The third-order valence-corrected chi connectivity index (χ3v) is 2.15. The topological polar surface area (TPSA) is 55.9 Å². The van der Waals surface area contributed by atoms with Crippen molar-refractivity contribution in [2.24, 2.45) is 0 Å². The van der Waals surface area contributed by atoms with Gasteiger partial charge in [-0.3, -0.25) is 0 Å². The Morgan fingerprint density at radius 1 is 1.47 bits per heavy atom. The molecule has 80 valence electrons. The lowest BCUT2D eigenvalue weighted by molar-refractivity contribution is 0.374. The maximum Gasteiger partial charge on any atom is 0.156 e. The van der Waals surface area contributed by atoms with Gasteiger partial charge in [0.05, 0.1) is 19.3 Å². The summed E-state index contributed by atoms with van der Waals surface area (Å²) in [7, 11) is 0. The molecule has 2 aromatic heterocycles. The van der Waals surface area contributed by atoms with Gasteiger partial charge in [-0.1, -0.05) is 12.1 Å². The summed E-state index contributed by atoms with van der Waals surface area (Å²) in [5.41, 5.74) is 0. The van der Waals surface area contributed by atoms with Crippen LogP contribution < -0.4 is 5.32 Å². The minimum absolute atomic E-state index is 0.681. The van der Waals surface area contributed by atoms with Crippen LogP contribution in [0, 0.1) is 0 Å². The van der Waals surface area contributed by atoms with Crippen molar-refractivity contribution in [3.05, 3.63) is 36.2 Å². The fraction of sp³-hybridized carbons (Fsp3) is 0.400. The zero-order chi connectivity index (χ0) is 10.5. The van der Waals surface area contributed by atoms with E-state index in [-0.39, 0.29) is 0 Å². The minimum atomic E-state index is 0.681. The van der Waals surface area contributed by atoms with Crippen molar-refractivity contribution in [3.63, 3.8) is 0 Å². The van der Waals surface area contributed by atoms with Crippen molar-refractivity contribution in [1.82, 2.24) is 20.0 Å². The first kappa shape index (κ1) is 9.92. The minimum Gasteiger partial charge on any atom is -0.359 e. The molecule has 2 aromatic rings. The molecule has 0 aliphatic carbocycles. The van der Waals surface area contributed by atoms with Gasteiger partial charge in [-0.25, -0.2) is 4.98 Å². The van der Waals surface area contributed by atoms with Gasteiger partial charge in [0, 0.05) is 18.5 Å². The van der Waals surface area contributed by atoms with Gasteiger partial charge < -0.3 is 14.4 Å². The molecule has 0 fully saturated rings. The van der Waals surface area contributed by atoms with Gasteiger partial charge in [0.1, 0.15) is 5.82 Å². The van der Waals surface area contributed by atoms with Gasteiger partial charge in [0.15, 0.2) is 5.76 Å². The maximum atomic E-state index is 5.05. The summed E-state index contributed by atoms with van der Waals surface area (Å²) in [6.07, 6.45) is 5.38. The second-order valence-corrected chi connectivity index (χ2v) is 3.23. The van der Waals surface area contributed by atoms with Gasteiger partial charge in [-0.15, -0.1) is 0 Å². The van der Waals surface area contributed by atoms with Crippen LogP contribution in [-0.4, -0.2) is 21.3 Å². The van der Waals surface area contributed by atoms with Gasteiger partial charge in [-0.2, -0.15) is 0 Å². The Morgan fingerprint density at radius 3 is 3.13 bits per heavy atom. The molecule has 2 heterocycles. The van der Waals surface area contributed by atoms with E-state index in [1.807, 2.05) is 16.8 Å². The second kappa shape index (κ2) is 4.75. The van der Waals surface area contributed by atoms with Crippen LogP contribution in [-0.2, 0) is 13.1 Å². The number of aromatic nitrogens is 3. The number of hydrogen-bond acceptors (Lipinski definition) is 4. The van der Waals surface area contributed by atoms with E-state index in [9.17, 15) is 0 Å². The molecule has 0 saturated heterocycles.